The molecule has 1 heterocycles. The molecular formula is C21H26O4Si. The van der Waals surface area contributed by atoms with E-state index in [2.05, 4.69) is 45.0 Å². The second-order valence-electron chi connectivity index (χ2n) is 7.77. The molecule has 1 aliphatic rings. The van der Waals surface area contributed by atoms with Crippen molar-refractivity contribution in [3.63, 3.8) is 0 Å². The van der Waals surface area contributed by atoms with Gasteiger partial charge in [0.25, 0.3) is 8.32 Å². The van der Waals surface area contributed by atoms with Crippen LogP contribution >= 0.6 is 0 Å². The van der Waals surface area contributed by atoms with Crippen molar-refractivity contribution in [3.8, 4) is 0 Å². The lowest BCUT2D eigenvalue weighted by atomic mass is 10.2. The summed E-state index contributed by atoms with van der Waals surface area (Å²) in [5, 5.41) is 12.3. The van der Waals surface area contributed by atoms with Crippen LogP contribution in [0.5, 0.6) is 0 Å². The van der Waals surface area contributed by atoms with Crippen LogP contribution in [-0.4, -0.2) is 38.2 Å². The molecule has 0 aromatic heterocycles. The van der Waals surface area contributed by atoms with Gasteiger partial charge in [-0.2, -0.15) is 0 Å². The van der Waals surface area contributed by atoms with Gasteiger partial charge in [0.1, 0.15) is 6.10 Å². The standard InChI is InChI=1S/C21H26O4Si/c1-21(2,3)26(16-10-6-4-7-11-16,17-12-8-5-9-13-17)24-15-19-18(22)14-20(23)25-19/h4-13,18-19,22H,14-15H2,1-3H3/t18-,19+/m0/s1. The van der Waals surface area contributed by atoms with Gasteiger partial charge < -0.3 is 14.3 Å². The van der Waals surface area contributed by atoms with Crippen LogP contribution in [0, 0.1) is 0 Å². The smallest absolute Gasteiger partial charge is 0.309 e. The predicted molar refractivity (Wildman–Crippen MR) is 104 cm³/mol. The highest BCUT2D eigenvalue weighted by atomic mass is 28.4. The van der Waals surface area contributed by atoms with Gasteiger partial charge >= 0.3 is 5.97 Å². The fourth-order valence-electron chi connectivity index (χ4n) is 3.71. The molecule has 1 fully saturated rings. The highest BCUT2D eigenvalue weighted by Crippen LogP contribution is 2.37. The van der Waals surface area contributed by atoms with Crippen LogP contribution in [0.15, 0.2) is 60.7 Å². The van der Waals surface area contributed by atoms with E-state index in [4.69, 9.17) is 9.16 Å². The first kappa shape index (κ1) is 18.8. The van der Waals surface area contributed by atoms with Gasteiger partial charge in [-0.05, 0) is 15.4 Å². The third-order valence-electron chi connectivity index (χ3n) is 4.97. The van der Waals surface area contributed by atoms with E-state index in [0.717, 1.165) is 10.4 Å². The van der Waals surface area contributed by atoms with E-state index in [1.807, 2.05) is 36.4 Å². The number of rotatable bonds is 5. The Hall–Kier alpha value is -1.95. The van der Waals surface area contributed by atoms with E-state index in [0.29, 0.717) is 0 Å². The maximum absolute atomic E-state index is 11.5. The maximum Gasteiger partial charge on any atom is 0.309 e. The van der Waals surface area contributed by atoms with E-state index in [9.17, 15) is 9.90 Å². The molecule has 0 bridgehead atoms. The number of hydrogen-bond donors (Lipinski definition) is 1. The number of carbonyl (C=O) groups is 1. The molecule has 0 spiro atoms. The minimum Gasteiger partial charge on any atom is -0.457 e. The highest BCUT2D eigenvalue weighted by molar-refractivity contribution is 6.99. The SMILES string of the molecule is CC(C)(C)[Si](OC[C@H]1OC(=O)C[C@@H]1O)(c1ccccc1)c1ccccc1. The van der Waals surface area contributed by atoms with Crippen molar-refractivity contribution in [1.29, 1.82) is 0 Å². The van der Waals surface area contributed by atoms with Crippen molar-refractivity contribution in [1.82, 2.24) is 0 Å². The van der Waals surface area contributed by atoms with Crippen molar-refractivity contribution in [2.24, 2.45) is 0 Å². The second kappa shape index (κ2) is 7.35. The zero-order valence-corrected chi connectivity index (χ0v) is 16.5. The first-order valence-corrected chi connectivity index (χ1v) is 10.9. The van der Waals surface area contributed by atoms with E-state index in [1.54, 1.807) is 0 Å². The van der Waals surface area contributed by atoms with Crippen molar-refractivity contribution < 1.29 is 19.1 Å². The molecule has 1 aliphatic heterocycles. The van der Waals surface area contributed by atoms with Crippen LogP contribution in [0.2, 0.25) is 5.04 Å². The number of ether oxygens (including phenoxy) is 1. The summed E-state index contributed by atoms with van der Waals surface area (Å²) in [5.41, 5.74) is 0. The van der Waals surface area contributed by atoms with E-state index >= 15 is 0 Å². The molecule has 0 amide bonds. The molecule has 0 radical (unpaired) electrons. The Morgan fingerprint density at radius 1 is 1.04 bits per heavy atom. The molecule has 138 valence electrons. The van der Waals surface area contributed by atoms with Gasteiger partial charge in [-0.15, -0.1) is 0 Å². The minimum atomic E-state index is -2.67. The number of esters is 1. The Labute approximate surface area is 155 Å². The fourth-order valence-corrected chi connectivity index (χ4v) is 8.28. The molecule has 2 atom stereocenters. The normalized spacial score (nSPS) is 20.8. The average Bonchev–Trinajstić information content (AvgIpc) is 2.94. The Bertz CT molecular complexity index is 700. The fraction of sp³-hybridized carbons (Fsp3) is 0.381. The number of aliphatic hydroxyl groups excluding tert-OH is 1. The van der Waals surface area contributed by atoms with Crippen LogP contribution in [0.4, 0.5) is 0 Å². The lowest BCUT2D eigenvalue weighted by Crippen LogP contribution is -2.67. The van der Waals surface area contributed by atoms with Gasteiger partial charge in [0.15, 0.2) is 6.10 Å². The Kier molecular flexibility index (Phi) is 5.32. The molecule has 0 aliphatic carbocycles. The quantitative estimate of drug-likeness (QED) is 0.648. The molecule has 4 nitrogen and oxygen atoms in total. The molecule has 2 aromatic carbocycles. The van der Waals surface area contributed by atoms with Gasteiger partial charge in [0.05, 0.1) is 13.0 Å². The summed E-state index contributed by atoms with van der Waals surface area (Å²) in [7, 11) is -2.67. The average molecular weight is 371 g/mol. The van der Waals surface area contributed by atoms with Crippen molar-refractivity contribution >= 4 is 24.7 Å². The molecule has 1 saturated heterocycles. The molecule has 0 saturated carbocycles. The zero-order chi connectivity index (χ0) is 18.8. The van der Waals surface area contributed by atoms with Gasteiger partial charge in [-0.1, -0.05) is 81.4 Å². The van der Waals surface area contributed by atoms with Crippen molar-refractivity contribution in [3.05, 3.63) is 60.7 Å². The summed E-state index contributed by atoms with van der Waals surface area (Å²) in [6.07, 6.45) is -1.38. The molecule has 1 N–H and O–H groups in total. The minimum absolute atomic E-state index is 0.0365. The topological polar surface area (TPSA) is 55.8 Å². The van der Waals surface area contributed by atoms with Crippen LogP contribution in [0.1, 0.15) is 27.2 Å². The number of cyclic esters (lactones) is 1. The van der Waals surface area contributed by atoms with E-state index in [-0.39, 0.29) is 24.0 Å². The van der Waals surface area contributed by atoms with Crippen LogP contribution < -0.4 is 10.4 Å². The predicted octanol–water partition coefficient (Wildman–Crippen LogP) is 2.24. The molecule has 0 unspecified atom stereocenters. The third kappa shape index (κ3) is 3.47. The number of hydrogen-bond acceptors (Lipinski definition) is 4. The second-order valence-corrected chi connectivity index (χ2v) is 12.1. The lowest BCUT2D eigenvalue weighted by molar-refractivity contribution is -0.142. The summed E-state index contributed by atoms with van der Waals surface area (Å²) in [6, 6.07) is 20.6. The Balaban J connectivity index is 2.04. The number of benzene rings is 2. The Morgan fingerprint density at radius 3 is 1.92 bits per heavy atom. The van der Waals surface area contributed by atoms with Crippen molar-refractivity contribution in [2.75, 3.05) is 6.61 Å². The third-order valence-corrected chi connectivity index (χ3v) is 9.97. The summed E-state index contributed by atoms with van der Waals surface area (Å²) in [4.78, 5) is 11.5. The lowest BCUT2D eigenvalue weighted by Gasteiger charge is -2.43. The Morgan fingerprint density at radius 2 is 1.54 bits per heavy atom. The molecule has 2 aromatic rings. The summed E-state index contributed by atoms with van der Waals surface area (Å²) < 4.78 is 11.9. The first-order valence-electron chi connectivity index (χ1n) is 8.97. The van der Waals surface area contributed by atoms with Gasteiger partial charge in [0, 0.05) is 0 Å². The summed E-state index contributed by atoms with van der Waals surface area (Å²) >= 11 is 0. The van der Waals surface area contributed by atoms with E-state index in [1.165, 1.54) is 0 Å². The van der Waals surface area contributed by atoms with Gasteiger partial charge in [0.2, 0.25) is 0 Å². The number of carbonyl (C=O) groups excluding carboxylic acids is 1. The summed E-state index contributed by atoms with van der Waals surface area (Å²) in [6.45, 7) is 6.77. The van der Waals surface area contributed by atoms with Gasteiger partial charge in [-0.3, -0.25) is 4.79 Å². The molecule has 3 rings (SSSR count). The van der Waals surface area contributed by atoms with Crippen LogP contribution in [-0.2, 0) is 14.0 Å². The van der Waals surface area contributed by atoms with Crippen LogP contribution in [0.25, 0.3) is 0 Å². The monoisotopic (exact) mass is 370 g/mol. The highest BCUT2D eigenvalue weighted by Gasteiger charge is 2.51. The largest absolute Gasteiger partial charge is 0.457 e. The summed E-state index contributed by atoms with van der Waals surface area (Å²) in [5.74, 6) is -0.367. The van der Waals surface area contributed by atoms with E-state index < -0.39 is 20.5 Å². The maximum atomic E-state index is 11.5. The van der Waals surface area contributed by atoms with Gasteiger partial charge in [-0.25, -0.2) is 0 Å². The zero-order valence-electron chi connectivity index (χ0n) is 15.5. The number of aliphatic hydroxyl groups is 1. The molecule has 26 heavy (non-hydrogen) atoms. The first-order chi connectivity index (χ1) is 12.3. The van der Waals surface area contributed by atoms with Crippen molar-refractivity contribution in [2.45, 2.75) is 44.4 Å². The molecule has 5 heteroatoms. The van der Waals surface area contributed by atoms with Crippen LogP contribution in [0.3, 0.4) is 0 Å². The molecular weight excluding hydrogens is 344 g/mol.